The second kappa shape index (κ2) is 8.46. The molecule has 2 aliphatic heterocycles. The summed E-state index contributed by atoms with van der Waals surface area (Å²) in [6, 6.07) is 10.3. The average Bonchev–Trinajstić information content (AvgIpc) is 3.04. The molecule has 1 unspecified atom stereocenters. The summed E-state index contributed by atoms with van der Waals surface area (Å²) >= 11 is 0. The second-order valence-electron chi connectivity index (χ2n) is 7.49. The molecule has 0 aliphatic carbocycles. The average molecular weight is 381 g/mol. The molecule has 2 fully saturated rings. The number of hydrogen-bond acceptors (Lipinski definition) is 3. The van der Waals surface area contributed by atoms with Crippen LogP contribution in [-0.4, -0.2) is 65.6 Å². The minimum absolute atomic E-state index is 0.122. The Hall–Kier alpha value is -2.83. The number of amides is 4. The Kier molecular flexibility index (Phi) is 5.60. The molecule has 1 aromatic carbocycles. The van der Waals surface area contributed by atoms with Gasteiger partial charge in [-0.3, -0.25) is 4.98 Å². The highest BCUT2D eigenvalue weighted by Gasteiger charge is 2.37. The molecule has 2 saturated heterocycles. The summed E-state index contributed by atoms with van der Waals surface area (Å²) in [6.07, 6.45) is 5.95. The highest BCUT2D eigenvalue weighted by molar-refractivity contribution is 5.82. The second-order valence-corrected chi connectivity index (χ2v) is 7.49. The number of rotatable bonds is 6. The lowest BCUT2D eigenvalue weighted by molar-refractivity contribution is 0.175. The number of pyridine rings is 1. The molecule has 0 radical (unpaired) electrons. The maximum atomic E-state index is 12.4. The van der Waals surface area contributed by atoms with Crippen molar-refractivity contribution in [2.24, 2.45) is 0 Å². The zero-order chi connectivity index (χ0) is 19.3. The Bertz CT molecular complexity index is 850. The van der Waals surface area contributed by atoms with Gasteiger partial charge >= 0.3 is 12.1 Å². The first-order valence-corrected chi connectivity index (χ1v) is 10.1. The molecule has 2 aromatic rings. The smallest absolute Gasteiger partial charge is 0.320 e. The fraction of sp³-hybridized carbons (Fsp3) is 0.476. The molecule has 28 heavy (non-hydrogen) atoms. The van der Waals surface area contributed by atoms with Gasteiger partial charge < -0.3 is 20.4 Å². The third-order valence-corrected chi connectivity index (χ3v) is 5.66. The van der Waals surface area contributed by atoms with Crippen molar-refractivity contribution < 1.29 is 9.59 Å². The van der Waals surface area contributed by atoms with Crippen LogP contribution in [0.1, 0.15) is 24.8 Å². The number of para-hydroxylation sites is 1. The first kappa shape index (κ1) is 18.5. The van der Waals surface area contributed by atoms with Crippen LogP contribution < -0.4 is 10.6 Å². The summed E-state index contributed by atoms with van der Waals surface area (Å²) in [4.78, 5) is 32.6. The van der Waals surface area contributed by atoms with Crippen molar-refractivity contribution in [3.05, 3.63) is 42.1 Å². The summed E-state index contributed by atoms with van der Waals surface area (Å²) in [5.74, 6) is 0. The Morgan fingerprint density at radius 1 is 1.14 bits per heavy atom. The van der Waals surface area contributed by atoms with Crippen molar-refractivity contribution in [3.63, 3.8) is 0 Å². The first-order valence-electron chi connectivity index (χ1n) is 10.1. The number of nitrogens with one attached hydrogen (secondary N) is 2. The molecule has 3 heterocycles. The van der Waals surface area contributed by atoms with Crippen molar-refractivity contribution in [1.82, 2.24) is 25.4 Å². The highest BCUT2D eigenvalue weighted by atomic mass is 16.2. The van der Waals surface area contributed by atoms with Gasteiger partial charge in [-0.25, -0.2) is 9.59 Å². The van der Waals surface area contributed by atoms with Gasteiger partial charge in [-0.2, -0.15) is 0 Å². The van der Waals surface area contributed by atoms with Gasteiger partial charge in [0, 0.05) is 44.3 Å². The molecule has 0 bridgehead atoms. The van der Waals surface area contributed by atoms with Crippen molar-refractivity contribution in [1.29, 1.82) is 0 Å². The molecular formula is C21H27N5O2. The summed E-state index contributed by atoms with van der Waals surface area (Å²) < 4.78 is 0. The van der Waals surface area contributed by atoms with Crippen LogP contribution in [0.2, 0.25) is 0 Å². The van der Waals surface area contributed by atoms with E-state index in [1.807, 2.05) is 34.1 Å². The van der Waals surface area contributed by atoms with Crippen molar-refractivity contribution >= 4 is 23.0 Å². The molecule has 0 spiro atoms. The molecule has 7 heteroatoms. The molecule has 1 aromatic heterocycles. The van der Waals surface area contributed by atoms with Gasteiger partial charge in [0.2, 0.25) is 0 Å². The van der Waals surface area contributed by atoms with E-state index in [-0.39, 0.29) is 12.1 Å². The van der Waals surface area contributed by atoms with Crippen LogP contribution in [0.15, 0.2) is 36.5 Å². The lowest BCUT2D eigenvalue weighted by atomic mass is 10.0. The van der Waals surface area contributed by atoms with Crippen LogP contribution in [0.4, 0.5) is 9.59 Å². The normalized spacial score (nSPS) is 19.0. The molecule has 2 aliphatic rings. The largest absolute Gasteiger partial charge is 0.338 e. The minimum atomic E-state index is -0.192. The number of fused-ring (bicyclic) bond motifs is 2. The van der Waals surface area contributed by atoms with Gasteiger partial charge in [-0.1, -0.05) is 18.2 Å². The third-order valence-electron chi connectivity index (χ3n) is 5.66. The fourth-order valence-electron chi connectivity index (χ4n) is 4.19. The highest BCUT2D eigenvalue weighted by Crippen LogP contribution is 2.24. The van der Waals surface area contributed by atoms with Gasteiger partial charge in [0.1, 0.15) is 0 Å². The van der Waals surface area contributed by atoms with Gasteiger partial charge in [0.15, 0.2) is 0 Å². The van der Waals surface area contributed by atoms with Crippen molar-refractivity contribution in [2.75, 3.05) is 32.7 Å². The van der Waals surface area contributed by atoms with Gasteiger partial charge in [0.25, 0.3) is 0 Å². The maximum Gasteiger partial charge on any atom is 0.320 e. The first-order chi connectivity index (χ1) is 13.7. The van der Waals surface area contributed by atoms with Gasteiger partial charge in [-0.05, 0) is 43.4 Å². The number of benzene rings is 1. The molecule has 4 rings (SSSR count). The predicted octanol–water partition coefficient (Wildman–Crippen LogP) is 2.37. The van der Waals surface area contributed by atoms with Gasteiger partial charge in [0.05, 0.1) is 11.6 Å². The van der Waals surface area contributed by atoms with Crippen LogP contribution in [-0.2, 0) is 6.42 Å². The summed E-state index contributed by atoms with van der Waals surface area (Å²) in [7, 11) is 0. The molecule has 7 nitrogen and oxygen atoms in total. The minimum Gasteiger partial charge on any atom is -0.338 e. The van der Waals surface area contributed by atoms with E-state index in [4.69, 9.17) is 0 Å². The number of aromatic nitrogens is 1. The van der Waals surface area contributed by atoms with Crippen LogP contribution in [0.5, 0.6) is 0 Å². The summed E-state index contributed by atoms with van der Waals surface area (Å²) in [5, 5.41) is 6.88. The number of piperidine rings is 1. The summed E-state index contributed by atoms with van der Waals surface area (Å²) in [5.41, 5.74) is 2.14. The summed E-state index contributed by atoms with van der Waals surface area (Å²) in [6.45, 7) is 3.25. The maximum absolute atomic E-state index is 12.4. The number of nitrogens with zero attached hydrogens (tertiary/aromatic N) is 3. The molecule has 148 valence electrons. The Morgan fingerprint density at radius 2 is 2.00 bits per heavy atom. The Labute approximate surface area is 165 Å². The molecule has 4 amide bonds. The van der Waals surface area contributed by atoms with E-state index in [1.165, 1.54) is 12.0 Å². The molecular weight excluding hydrogens is 354 g/mol. The third kappa shape index (κ3) is 4.03. The lowest BCUT2D eigenvalue weighted by Crippen LogP contribution is -2.42. The lowest BCUT2D eigenvalue weighted by Gasteiger charge is -2.27. The van der Waals surface area contributed by atoms with E-state index >= 15 is 0 Å². The SMILES string of the molecule is O=C(NCCc1ccnc2ccccc12)NCCN1CC2CCCCN2C1=O. The molecule has 2 N–H and O–H groups in total. The zero-order valence-electron chi connectivity index (χ0n) is 16.1. The number of carbonyl (C=O) groups excluding carboxylic acids is 2. The zero-order valence-corrected chi connectivity index (χ0v) is 16.1. The van der Waals surface area contributed by atoms with E-state index in [0.717, 1.165) is 43.3 Å². The number of hydrogen-bond donors (Lipinski definition) is 2. The quantitative estimate of drug-likeness (QED) is 0.806. The van der Waals surface area contributed by atoms with Crippen LogP contribution in [0, 0.1) is 0 Å². The van der Waals surface area contributed by atoms with E-state index in [0.29, 0.717) is 25.7 Å². The number of urea groups is 2. The van der Waals surface area contributed by atoms with E-state index in [1.54, 1.807) is 6.20 Å². The Balaban J connectivity index is 1.19. The van der Waals surface area contributed by atoms with Crippen molar-refractivity contribution in [3.8, 4) is 0 Å². The fourth-order valence-corrected chi connectivity index (χ4v) is 4.19. The monoisotopic (exact) mass is 381 g/mol. The van der Waals surface area contributed by atoms with Crippen LogP contribution >= 0.6 is 0 Å². The van der Waals surface area contributed by atoms with E-state index in [9.17, 15) is 9.59 Å². The van der Waals surface area contributed by atoms with Crippen LogP contribution in [0.3, 0.4) is 0 Å². The van der Waals surface area contributed by atoms with Crippen molar-refractivity contribution in [2.45, 2.75) is 31.7 Å². The topological polar surface area (TPSA) is 77.6 Å². The van der Waals surface area contributed by atoms with E-state index < -0.39 is 0 Å². The number of carbonyl (C=O) groups is 2. The van der Waals surface area contributed by atoms with E-state index in [2.05, 4.69) is 21.7 Å². The van der Waals surface area contributed by atoms with Gasteiger partial charge in [-0.15, -0.1) is 0 Å². The Morgan fingerprint density at radius 3 is 2.89 bits per heavy atom. The van der Waals surface area contributed by atoms with Crippen LogP contribution in [0.25, 0.3) is 10.9 Å². The standard InChI is InChI=1S/C21H27N5O2/c27-20(23-11-9-16-8-10-22-19-7-2-1-6-18(16)19)24-12-14-25-15-17-5-3-4-13-26(17)21(25)28/h1-2,6-8,10,17H,3-5,9,11-15H2,(H2,23,24,27). The molecule has 0 saturated carbocycles. The predicted molar refractivity (Wildman–Crippen MR) is 108 cm³/mol. The molecule has 1 atom stereocenters.